The SMILES string of the molecule is CC(C)CC(NC(=O)OCc1ccccc1)C(=O)N[C@@H](Cc1cnc[nH]1)C(=O)O. The Morgan fingerprint density at radius 3 is 2.45 bits per heavy atom. The van der Waals surface area contributed by atoms with E-state index in [1.807, 2.05) is 44.2 Å². The number of H-pyrrole nitrogens is 1. The van der Waals surface area contributed by atoms with Crippen LogP contribution in [0.25, 0.3) is 0 Å². The first-order valence-corrected chi connectivity index (χ1v) is 9.32. The van der Waals surface area contributed by atoms with Crippen LogP contribution in [0, 0.1) is 5.92 Å². The number of nitrogens with zero attached hydrogens (tertiary/aromatic N) is 1. The maximum absolute atomic E-state index is 12.7. The molecule has 156 valence electrons. The van der Waals surface area contributed by atoms with Crippen molar-refractivity contribution in [1.82, 2.24) is 20.6 Å². The highest BCUT2D eigenvalue weighted by molar-refractivity contribution is 5.89. The zero-order valence-electron chi connectivity index (χ0n) is 16.4. The van der Waals surface area contributed by atoms with Gasteiger partial charge in [0.1, 0.15) is 18.7 Å². The van der Waals surface area contributed by atoms with E-state index in [1.165, 1.54) is 12.5 Å². The van der Waals surface area contributed by atoms with Crippen molar-refractivity contribution in [3.8, 4) is 0 Å². The Labute approximate surface area is 168 Å². The van der Waals surface area contributed by atoms with Gasteiger partial charge in [-0.3, -0.25) is 4.79 Å². The van der Waals surface area contributed by atoms with Crippen LogP contribution >= 0.6 is 0 Å². The summed E-state index contributed by atoms with van der Waals surface area (Å²) in [7, 11) is 0. The number of nitrogens with one attached hydrogen (secondary N) is 3. The van der Waals surface area contributed by atoms with E-state index in [9.17, 15) is 19.5 Å². The van der Waals surface area contributed by atoms with Crippen LogP contribution in [0.4, 0.5) is 4.79 Å². The maximum Gasteiger partial charge on any atom is 0.408 e. The van der Waals surface area contributed by atoms with E-state index in [2.05, 4.69) is 20.6 Å². The number of carbonyl (C=O) groups excluding carboxylic acids is 2. The third kappa shape index (κ3) is 7.65. The molecule has 0 aliphatic heterocycles. The van der Waals surface area contributed by atoms with E-state index in [0.29, 0.717) is 12.1 Å². The van der Waals surface area contributed by atoms with Crippen LogP contribution in [0.15, 0.2) is 42.9 Å². The van der Waals surface area contributed by atoms with Gasteiger partial charge in [-0.05, 0) is 17.9 Å². The van der Waals surface area contributed by atoms with Gasteiger partial charge in [-0.2, -0.15) is 0 Å². The van der Waals surface area contributed by atoms with Crippen LogP contribution < -0.4 is 10.6 Å². The summed E-state index contributed by atoms with van der Waals surface area (Å²) in [6, 6.07) is 7.09. The van der Waals surface area contributed by atoms with Gasteiger partial charge in [-0.1, -0.05) is 44.2 Å². The Kier molecular flexibility index (Phi) is 8.20. The first kappa shape index (κ1) is 21.9. The molecule has 0 saturated carbocycles. The molecule has 2 rings (SSSR count). The molecule has 0 aliphatic carbocycles. The number of hydrogen-bond acceptors (Lipinski definition) is 5. The lowest BCUT2D eigenvalue weighted by Crippen LogP contribution is -2.52. The van der Waals surface area contributed by atoms with E-state index in [4.69, 9.17) is 4.74 Å². The molecule has 4 N–H and O–H groups in total. The molecular weight excluding hydrogens is 376 g/mol. The molecule has 2 aromatic rings. The number of carbonyl (C=O) groups is 3. The fraction of sp³-hybridized carbons (Fsp3) is 0.400. The predicted octanol–water partition coefficient (Wildman–Crippen LogP) is 1.86. The van der Waals surface area contributed by atoms with E-state index in [-0.39, 0.29) is 18.9 Å². The molecule has 2 amide bonds. The van der Waals surface area contributed by atoms with Gasteiger partial charge < -0.3 is 25.5 Å². The molecule has 0 fully saturated rings. The average Bonchev–Trinajstić information content (AvgIpc) is 3.19. The van der Waals surface area contributed by atoms with Crippen LogP contribution in [-0.4, -0.2) is 45.1 Å². The normalized spacial score (nSPS) is 12.8. The molecule has 29 heavy (non-hydrogen) atoms. The van der Waals surface area contributed by atoms with E-state index in [0.717, 1.165) is 5.56 Å². The fourth-order valence-electron chi connectivity index (χ4n) is 2.70. The highest BCUT2D eigenvalue weighted by atomic mass is 16.5. The van der Waals surface area contributed by atoms with Gasteiger partial charge in [-0.25, -0.2) is 14.6 Å². The molecular formula is C20H26N4O5. The van der Waals surface area contributed by atoms with Crippen LogP contribution in [0.2, 0.25) is 0 Å². The zero-order chi connectivity index (χ0) is 21.2. The van der Waals surface area contributed by atoms with Gasteiger partial charge in [0.25, 0.3) is 0 Å². The second-order valence-corrected chi connectivity index (χ2v) is 7.07. The average molecular weight is 402 g/mol. The van der Waals surface area contributed by atoms with E-state index < -0.39 is 30.1 Å². The standard InChI is InChI=1S/C20H26N4O5/c1-13(2)8-16(24-20(28)29-11-14-6-4-3-5-7-14)18(25)23-17(19(26)27)9-15-10-21-12-22-15/h3-7,10,12-13,16-17H,8-9,11H2,1-2H3,(H,21,22)(H,23,25)(H,24,28)(H,26,27)/t16?,17-/m0/s1. The largest absolute Gasteiger partial charge is 0.480 e. The van der Waals surface area contributed by atoms with Crippen molar-refractivity contribution in [2.75, 3.05) is 0 Å². The molecule has 0 bridgehead atoms. The number of aromatic nitrogens is 2. The zero-order valence-corrected chi connectivity index (χ0v) is 16.4. The number of aromatic amines is 1. The number of ether oxygens (including phenoxy) is 1. The van der Waals surface area contributed by atoms with Crippen molar-refractivity contribution in [3.63, 3.8) is 0 Å². The first-order valence-electron chi connectivity index (χ1n) is 9.32. The Balaban J connectivity index is 1.96. The summed E-state index contributed by atoms with van der Waals surface area (Å²) in [6.07, 6.45) is 2.57. The molecule has 0 spiro atoms. The van der Waals surface area contributed by atoms with Crippen LogP contribution in [-0.2, 0) is 27.4 Å². The smallest absolute Gasteiger partial charge is 0.408 e. The fourth-order valence-corrected chi connectivity index (χ4v) is 2.70. The quantitative estimate of drug-likeness (QED) is 0.479. The van der Waals surface area contributed by atoms with Crippen molar-refractivity contribution >= 4 is 18.0 Å². The maximum atomic E-state index is 12.7. The summed E-state index contributed by atoms with van der Waals surface area (Å²) in [5.41, 5.74) is 1.39. The molecule has 9 nitrogen and oxygen atoms in total. The van der Waals surface area contributed by atoms with Crippen molar-refractivity contribution in [2.45, 2.75) is 45.4 Å². The topological polar surface area (TPSA) is 133 Å². The van der Waals surface area contributed by atoms with Gasteiger partial charge in [0, 0.05) is 18.3 Å². The number of carboxylic acids is 1. The molecule has 1 aromatic heterocycles. The second kappa shape index (κ2) is 10.8. The van der Waals surface area contributed by atoms with Crippen LogP contribution in [0.1, 0.15) is 31.5 Å². The lowest BCUT2D eigenvalue weighted by Gasteiger charge is -2.22. The summed E-state index contributed by atoms with van der Waals surface area (Å²) >= 11 is 0. The molecule has 1 unspecified atom stereocenters. The predicted molar refractivity (Wildman–Crippen MR) is 105 cm³/mol. The van der Waals surface area contributed by atoms with Crippen molar-refractivity contribution in [1.29, 1.82) is 0 Å². The Morgan fingerprint density at radius 2 is 1.86 bits per heavy atom. The Hall–Kier alpha value is -3.36. The van der Waals surface area contributed by atoms with Crippen molar-refractivity contribution in [2.24, 2.45) is 5.92 Å². The van der Waals surface area contributed by atoms with Gasteiger partial charge in [0.05, 0.1) is 6.33 Å². The van der Waals surface area contributed by atoms with Crippen molar-refractivity contribution < 1.29 is 24.2 Å². The minimum atomic E-state index is -1.18. The number of amides is 2. The summed E-state index contributed by atoms with van der Waals surface area (Å²) in [6.45, 7) is 3.87. The number of aliphatic carboxylic acids is 1. The summed E-state index contributed by atoms with van der Waals surface area (Å²) in [4.78, 5) is 43.0. The number of imidazole rings is 1. The number of benzene rings is 1. The number of hydrogen-bond donors (Lipinski definition) is 4. The summed E-state index contributed by atoms with van der Waals surface area (Å²) in [5.74, 6) is -1.67. The Morgan fingerprint density at radius 1 is 1.14 bits per heavy atom. The van der Waals surface area contributed by atoms with E-state index >= 15 is 0 Å². The monoisotopic (exact) mass is 402 g/mol. The lowest BCUT2D eigenvalue weighted by molar-refractivity contribution is -0.142. The molecule has 0 aliphatic rings. The Bertz CT molecular complexity index is 792. The van der Waals surface area contributed by atoms with Gasteiger partial charge in [-0.15, -0.1) is 0 Å². The number of rotatable bonds is 10. The second-order valence-electron chi connectivity index (χ2n) is 7.07. The third-order valence-electron chi connectivity index (χ3n) is 4.12. The molecule has 1 aromatic carbocycles. The van der Waals surface area contributed by atoms with Crippen LogP contribution in [0.3, 0.4) is 0 Å². The van der Waals surface area contributed by atoms with Gasteiger partial charge in [0.15, 0.2) is 0 Å². The molecule has 0 radical (unpaired) electrons. The summed E-state index contributed by atoms with van der Waals surface area (Å²) in [5, 5.41) is 14.4. The van der Waals surface area contributed by atoms with Gasteiger partial charge >= 0.3 is 12.1 Å². The molecule has 0 saturated heterocycles. The molecule has 2 atom stereocenters. The third-order valence-corrected chi connectivity index (χ3v) is 4.12. The number of carboxylic acid groups (broad SMARTS) is 1. The first-order chi connectivity index (χ1) is 13.8. The lowest BCUT2D eigenvalue weighted by atomic mass is 10.0. The highest BCUT2D eigenvalue weighted by Crippen LogP contribution is 2.08. The van der Waals surface area contributed by atoms with Gasteiger partial charge in [0.2, 0.25) is 5.91 Å². The van der Waals surface area contributed by atoms with E-state index in [1.54, 1.807) is 0 Å². The minimum absolute atomic E-state index is 0.0495. The minimum Gasteiger partial charge on any atom is -0.480 e. The van der Waals surface area contributed by atoms with Crippen molar-refractivity contribution in [3.05, 3.63) is 54.1 Å². The number of alkyl carbamates (subject to hydrolysis) is 1. The summed E-state index contributed by atoms with van der Waals surface area (Å²) < 4.78 is 5.17. The molecule has 1 heterocycles. The molecule has 9 heteroatoms. The van der Waals surface area contributed by atoms with Crippen LogP contribution in [0.5, 0.6) is 0 Å². The highest BCUT2D eigenvalue weighted by Gasteiger charge is 2.28.